The summed E-state index contributed by atoms with van der Waals surface area (Å²) in [6.45, 7) is 10.3. The molecule has 3 rings (SSSR count). The predicted octanol–water partition coefficient (Wildman–Crippen LogP) is 6.37. The van der Waals surface area contributed by atoms with Crippen molar-refractivity contribution in [3.63, 3.8) is 0 Å². The SMILES string of the molecule is COC(=O)Cc1cc(C(=O)OC(C)(C)C)c(NC(=O)Cc2cc(C(=O)OC(C)(C)C)c(NC(=O)OCc3ccccc3)s2)s1. The highest BCUT2D eigenvalue weighted by Gasteiger charge is 2.27. The van der Waals surface area contributed by atoms with Crippen molar-refractivity contribution in [3.8, 4) is 0 Å². The average Bonchev–Trinajstić information content (AvgIpc) is 3.49. The Hall–Kier alpha value is -4.23. The van der Waals surface area contributed by atoms with Crippen LogP contribution in [0, 0.1) is 0 Å². The van der Waals surface area contributed by atoms with E-state index in [-0.39, 0.29) is 40.6 Å². The number of amides is 2. The van der Waals surface area contributed by atoms with Crippen molar-refractivity contribution in [2.24, 2.45) is 0 Å². The fraction of sp³-hybridized carbons (Fsp3) is 0.387. The molecule has 13 heteroatoms. The van der Waals surface area contributed by atoms with Gasteiger partial charge in [0.05, 0.1) is 31.1 Å². The molecular formula is C31H36N2O9S2. The number of methoxy groups -OCH3 is 1. The van der Waals surface area contributed by atoms with Gasteiger partial charge in [-0.15, -0.1) is 22.7 Å². The van der Waals surface area contributed by atoms with Crippen LogP contribution in [0.25, 0.3) is 0 Å². The average molecular weight is 645 g/mol. The lowest BCUT2D eigenvalue weighted by atomic mass is 10.2. The van der Waals surface area contributed by atoms with Crippen LogP contribution in [0.4, 0.5) is 14.8 Å². The molecule has 0 aliphatic carbocycles. The van der Waals surface area contributed by atoms with Gasteiger partial charge in [0.2, 0.25) is 5.91 Å². The van der Waals surface area contributed by atoms with Crippen molar-refractivity contribution in [2.75, 3.05) is 17.7 Å². The van der Waals surface area contributed by atoms with E-state index < -0.39 is 41.1 Å². The van der Waals surface area contributed by atoms with Crippen LogP contribution < -0.4 is 10.6 Å². The Bertz CT molecular complexity index is 1510. The number of carbonyl (C=O) groups is 5. The molecule has 44 heavy (non-hydrogen) atoms. The third-order valence-corrected chi connectivity index (χ3v) is 7.47. The van der Waals surface area contributed by atoms with Crippen molar-refractivity contribution in [1.82, 2.24) is 0 Å². The molecule has 0 spiro atoms. The minimum absolute atomic E-state index is 0.0217. The molecule has 0 fully saturated rings. The standard InChI is InChI=1S/C31H36N2O9S2/c1-30(2,3)41-27(36)21-14-20(16-24(35)39-7)44-25(21)32-23(34)15-19-13-22(28(37)42-31(4,5)6)26(43-19)33-29(38)40-17-18-11-9-8-10-12-18/h8-14H,15-17H2,1-7H3,(H,32,34)(H,33,38). The third-order valence-electron chi connectivity index (χ3n) is 5.37. The number of esters is 3. The molecule has 0 aliphatic rings. The minimum atomic E-state index is -0.805. The van der Waals surface area contributed by atoms with Crippen molar-refractivity contribution >= 4 is 62.6 Å². The molecule has 2 amide bonds. The first-order chi connectivity index (χ1) is 20.5. The van der Waals surface area contributed by atoms with Gasteiger partial charge in [-0.25, -0.2) is 14.4 Å². The number of ether oxygens (including phenoxy) is 4. The Morgan fingerprint density at radius 1 is 0.727 bits per heavy atom. The van der Waals surface area contributed by atoms with Gasteiger partial charge in [-0.05, 0) is 59.2 Å². The van der Waals surface area contributed by atoms with Gasteiger partial charge in [-0.3, -0.25) is 14.9 Å². The van der Waals surface area contributed by atoms with Crippen LogP contribution >= 0.6 is 22.7 Å². The second-order valence-electron chi connectivity index (χ2n) is 11.6. The number of hydrogen-bond acceptors (Lipinski definition) is 11. The van der Waals surface area contributed by atoms with Crippen molar-refractivity contribution < 1.29 is 42.9 Å². The van der Waals surface area contributed by atoms with Gasteiger partial charge in [0, 0.05) is 9.75 Å². The molecule has 0 radical (unpaired) electrons. The summed E-state index contributed by atoms with van der Waals surface area (Å²) < 4.78 is 21.0. The second kappa shape index (κ2) is 14.5. The summed E-state index contributed by atoms with van der Waals surface area (Å²) in [5, 5.41) is 5.67. The van der Waals surface area contributed by atoms with Gasteiger partial charge in [0.1, 0.15) is 27.8 Å². The van der Waals surface area contributed by atoms with Crippen LogP contribution in [0.5, 0.6) is 0 Å². The van der Waals surface area contributed by atoms with Crippen LogP contribution in [0.3, 0.4) is 0 Å². The predicted molar refractivity (Wildman–Crippen MR) is 167 cm³/mol. The first kappa shape index (κ1) is 34.3. The first-order valence-corrected chi connectivity index (χ1v) is 15.2. The highest BCUT2D eigenvalue weighted by molar-refractivity contribution is 7.17. The van der Waals surface area contributed by atoms with E-state index in [0.29, 0.717) is 9.75 Å². The maximum atomic E-state index is 13.2. The monoisotopic (exact) mass is 644 g/mol. The van der Waals surface area contributed by atoms with E-state index in [1.807, 2.05) is 30.3 Å². The molecule has 0 bridgehead atoms. The Balaban J connectivity index is 1.81. The molecule has 1 aromatic carbocycles. The van der Waals surface area contributed by atoms with E-state index in [9.17, 15) is 24.0 Å². The quantitative estimate of drug-likeness (QED) is 0.190. The molecule has 2 aromatic heterocycles. The lowest BCUT2D eigenvalue weighted by Crippen LogP contribution is -2.24. The summed E-state index contributed by atoms with van der Waals surface area (Å²) in [7, 11) is 1.26. The zero-order chi connectivity index (χ0) is 32.7. The molecule has 3 aromatic rings. The molecule has 0 atom stereocenters. The second-order valence-corrected chi connectivity index (χ2v) is 13.9. The van der Waals surface area contributed by atoms with Gasteiger partial charge >= 0.3 is 24.0 Å². The highest BCUT2D eigenvalue weighted by Crippen LogP contribution is 2.33. The zero-order valence-corrected chi connectivity index (χ0v) is 27.3. The minimum Gasteiger partial charge on any atom is -0.469 e. The maximum absolute atomic E-state index is 13.2. The number of hydrogen-bond donors (Lipinski definition) is 2. The number of rotatable bonds is 10. The molecule has 2 N–H and O–H groups in total. The van der Waals surface area contributed by atoms with E-state index in [1.165, 1.54) is 19.2 Å². The molecule has 2 heterocycles. The summed E-state index contributed by atoms with van der Waals surface area (Å²) in [6, 6.07) is 12.1. The first-order valence-electron chi connectivity index (χ1n) is 13.6. The fourth-order valence-electron chi connectivity index (χ4n) is 3.61. The maximum Gasteiger partial charge on any atom is 0.412 e. The molecule has 11 nitrogen and oxygen atoms in total. The Morgan fingerprint density at radius 2 is 1.23 bits per heavy atom. The Morgan fingerprint density at radius 3 is 1.73 bits per heavy atom. The van der Waals surface area contributed by atoms with E-state index in [1.54, 1.807) is 41.5 Å². The smallest absolute Gasteiger partial charge is 0.412 e. The van der Waals surface area contributed by atoms with Gasteiger partial charge in [-0.2, -0.15) is 0 Å². The van der Waals surface area contributed by atoms with E-state index >= 15 is 0 Å². The number of anilines is 2. The van der Waals surface area contributed by atoms with Crippen LogP contribution in [0.15, 0.2) is 42.5 Å². The highest BCUT2D eigenvalue weighted by atomic mass is 32.1. The third kappa shape index (κ3) is 10.8. The van der Waals surface area contributed by atoms with Crippen molar-refractivity contribution in [2.45, 2.75) is 72.2 Å². The van der Waals surface area contributed by atoms with Crippen molar-refractivity contribution in [1.29, 1.82) is 0 Å². The molecule has 0 saturated heterocycles. The molecule has 236 valence electrons. The van der Waals surface area contributed by atoms with Crippen LogP contribution in [0.2, 0.25) is 0 Å². The number of nitrogens with one attached hydrogen (secondary N) is 2. The summed E-state index contributed by atoms with van der Waals surface area (Å²) >= 11 is 2.06. The molecular weight excluding hydrogens is 608 g/mol. The van der Waals surface area contributed by atoms with E-state index in [2.05, 4.69) is 10.6 Å². The summed E-state index contributed by atoms with van der Waals surface area (Å²) in [4.78, 5) is 64.4. The lowest BCUT2D eigenvalue weighted by molar-refractivity contribution is -0.139. The fourth-order valence-corrected chi connectivity index (χ4v) is 5.68. The molecule has 0 saturated carbocycles. The number of carbonyl (C=O) groups excluding carboxylic acids is 5. The summed E-state index contributed by atoms with van der Waals surface area (Å²) in [5.41, 5.74) is -0.645. The largest absolute Gasteiger partial charge is 0.469 e. The van der Waals surface area contributed by atoms with Crippen LogP contribution in [0.1, 0.15) is 77.6 Å². The Labute approximate surface area is 263 Å². The van der Waals surface area contributed by atoms with Gasteiger partial charge < -0.3 is 24.3 Å². The van der Waals surface area contributed by atoms with E-state index in [4.69, 9.17) is 18.9 Å². The molecule has 0 aliphatic heterocycles. The summed E-state index contributed by atoms with van der Waals surface area (Å²) in [5.74, 6) is -2.35. The Kier molecular flexibility index (Phi) is 11.3. The van der Waals surface area contributed by atoms with Gasteiger partial charge in [-0.1, -0.05) is 30.3 Å². The van der Waals surface area contributed by atoms with Crippen molar-refractivity contribution in [3.05, 3.63) is 68.9 Å². The lowest BCUT2D eigenvalue weighted by Gasteiger charge is -2.19. The zero-order valence-electron chi connectivity index (χ0n) is 25.7. The number of benzene rings is 1. The van der Waals surface area contributed by atoms with Gasteiger partial charge in [0.15, 0.2) is 0 Å². The topological polar surface area (TPSA) is 146 Å². The normalized spacial score (nSPS) is 11.3. The van der Waals surface area contributed by atoms with Crippen LogP contribution in [-0.2, 0) is 48.0 Å². The van der Waals surface area contributed by atoms with Crippen LogP contribution in [-0.4, -0.2) is 48.2 Å². The number of thiophene rings is 2. The van der Waals surface area contributed by atoms with Gasteiger partial charge in [0.25, 0.3) is 0 Å². The summed E-state index contributed by atoms with van der Waals surface area (Å²) in [6.07, 6.45) is -1.07. The molecule has 0 unspecified atom stereocenters. The van der Waals surface area contributed by atoms with E-state index in [0.717, 1.165) is 28.2 Å².